The number of carboxylic acid groups (broad SMARTS) is 1. The van der Waals surface area contributed by atoms with Crippen LogP contribution >= 0.6 is 0 Å². The zero-order chi connectivity index (χ0) is 12.2. The summed E-state index contributed by atoms with van der Waals surface area (Å²) in [4.78, 5) is 13.7. The van der Waals surface area contributed by atoms with Gasteiger partial charge < -0.3 is 5.11 Å². The van der Waals surface area contributed by atoms with E-state index in [0.717, 1.165) is 18.3 Å². The Balaban J connectivity index is 2.65. The van der Waals surface area contributed by atoms with Gasteiger partial charge in [-0.25, -0.2) is 17.8 Å². The number of rotatable bonds is 5. The standard InChI is InChI=1S/C8H9FN2O4S/c9-6-1-2-7(10-5-6)11-16(14,15)4-3-8(12)13/h1-2,5H,3-4H2,(H,10,11)(H,12,13). The van der Waals surface area contributed by atoms with Gasteiger partial charge in [-0.15, -0.1) is 0 Å². The van der Waals surface area contributed by atoms with Crippen LogP contribution in [0.4, 0.5) is 10.2 Å². The van der Waals surface area contributed by atoms with Gasteiger partial charge in [0.15, 0.2) is 0 Å². The van der Waals surface area contributed by atoms with Crippen LogP contribution in [0.15, 0.2) is 18.3 Å². The zero-order valence-electron chi connectivity index (χ0n) is 8.05. The molecule has 0 unspecified atom stereocenters. The molecule has 0 saturated carbocycles. The van der Waals surface area contributed by atoms with Crippen LogP contribution in [0.25, 0.3) is 0 Å². The lowest BCUT2D eigenvalue weighted by Crippen LogP contribution is -2.19. The van der Waals surface area contributed by atoms with Crippen molar-refractivity contribution in [3.8, 4) is 0 Å². The molecule has 0 saturated heterocycles. The highest BCUT2D eigenvalue weighted by atomic mass is 32.2. The maximum Gasteiger partial charge on any atom is 0.304 e. The monoisotopic (exact) mass is 248 g/mol. The van der Waals surface area contributed by atoms with E-state index in [1.165, 1.54) is 0 Å². The van der Waals surface area contributed by atoms with Crippen molar-refractivity contribution < 1.29 is 22.7 Å². The number of hydrogen-bond acceptors (Lipinski definition) is 4. The number of carboxylic acids is 1. The number of anilines is 1. The summed E-state index contributed by atoms with van der Waals surface area (Å²) in [5, 5.41) is 8.32. The first-order valence-electron chi connectivity index (χ1n) is 4.23. The summed E-state index contributed by atoms with van der Waals surface area (Å²) in [6.07, 6.45) is 0.353. The van der Waals surface area contributed by atoms with Crippen molar-refractivity contribution in [2.75, 3.05) is 10.5 Å². The minimum Gasteiger partial charge on any atom is -0.481 e. The number of pyridine rings is 1. The van der Waals surface area contributed by atoms with Gasteiger partial charge in [0.25, 0.3) is 0 Å². The first-order valence-corrected chi connectivity index (χ1v) is 5.88. The van der Waals surface area contributed by atoms with Crippen molar-refractivity contribution in [3.05, 3.63) is 24.1 Å². The summed E-state index contributed by atoms with van der Waals surface area (Å²) in [7, 11) is -3.76. The average molecular weight is 248 g/mol. The third kappa shape index (κ3) is 4.22. The van der Waals surface area contributed by atoms with E-state index in [-0.39, 0.29) is 5.82 Å². The van der Waals surface area contributed by atoms with Crippen LogP contribution in [0.3, 0.4) is 0 Å². The number of hydrogen-bond donors (Lipinski definition) is 2. The number of nitrogens with zero attached hydrogens (tertiary/aromatic N) is 1. The summed E-state index contributed by atoms with van der Waals surface area (Å²) in [6.45, 7) is 0. The van der Waals surface area contributed by atoms with E-state index in [4.69, 9.17) is 5.11 Å². The highest BCUT2D eigenvalue weighted by molar-refractivity contribution is 7.92. The van der Waals surface area contributed by atoms with Gasteiger partial charge in [-0.3, -0.25) is 9.52 Å². The smallest absolute Gasteiger partial charge is 0.304 e. The fourth-order valence-electron chi connectivity index (χ4n) is 0.868. The second-order valence-corrected chi connectivity index (χ2v) is 4.77. The summed E-state index contributed by atoms with van der Waals surface area (Å²) in [5.41, 5.74) is 0. The van der Waals surface area contributed by atoms with Gasteiger partial charge in [-0.1, -0.05) is 0 Å². The lowest BCUT2D eigenvalue weighted by Gasteiger charge is -2.05. The molecular formula is C8H9FN2O4S. The molecular weight excluding hydrogens is 239 g/mol. The fraction of sp³-hybridized carbons (Fsp3) is 0.250. The number of aromatic nitrogens is 1. The van der Waals surface area contributed by atoms with E-state index < -0.39 is 34.0 Å². The molecule has 0 radical (unpaired) electrons. The Morgan fingerprint density at radius 2 is 2.19 bits per heavy atom. The van der Waals surface area contributed by atoms with Crippen molar-refractivity contribution in [2.45, 2.75) is 6.42 Å². The van der Waals surface area contributed by atoms with Gasteiger partial charge >= 0.3 is 5.97 Å². The molecule has 0 fully saturated rings. The topological polar surface area (TPSA) is 96.4 Å². The minimum absolute atomic E-state index is 0.0493. The molecule has 0 atom stereocenters. The number of nitrogens with one attached hydrogen (secondary N) is 1. The Labute approximate surface area is 91.2 Å². The number of carbonyl (C=O) groups is 1. The van der Waals surface area contributed by atoms with E-state index in [1.54, 1.807) is 0 Å². The lowest BCUT2D eigenvalue weighted by molar-refractivity contribution is -0.136. The number of sulfonamides is 1. The summed E-state index contributed by atoms with van der Waals surface area (Å²) in [6, 6.07) is 2.19. The second-order valence-electron chi connectivity index (χ2n) is 2.93. The van der Waals surface area contributed by atoms with Crippen LogP contribution in [-0.2, 0) is 14.8 Å². The van der Waals surface area contributed by atoms with Gasteiger partial charge in [-0.05, 0) is 12.1 Å². The van der Waals surface area contributed by atoms with Crippen molar-refractivity contribution >= 4 is 21.8 Å². The van der Waals surface area contributed by atoms with Crippen LogP contribution in [0.2, 0.25) is 0 Å². The van der Waals surface area contributed by atoms with E-state index >= 15 is 0 Å². The summed E-state index contributed by atoms with van der Waals surface area (Å²) < 4.78 is 37.1. The molecule has 1 heterocycles. The summed E-state index contributed by atoms with van der Waals surface area (Å²) >= 11 is 0. The van der Waals surface area contributed by atoms with Crippen LogP contribution in [0, 0.1) is 5.82 Å². The van der Waals surface area contributed by atoms with E-state index in [0.29, 0.717) is 0 Å². The van der Waals surface area contributed by atoms with Crippen molar-refractivity contribution in [2.24, 2.45) is 0 Å². The molecule has 0 aromatic carbocycles. The summed E-state index contributed by atoms with van der Waals surface area (Å²) in [5.74, 6) is -2.40. The Kier molecular flexibility index (Phi) is 3.78. The third-order valence-electron chi connectivity index (χ3n) is 1.57. The second kappa shape index (κ2) is 4.88. The molecule has 0 aliphatic rings. The fourth-order valence-corrected chi connectivity index (χ4v) is 1.85. The molecule has 88 valence electrons. The highest BCUT2D eigenvalue weighted by Crippen LogP contribution is 2.06. The number of aliphatic carboxylic acids is 1. The molecule has 2 N–H and O–H groups in total. The number of halogens is 1. The van der Waals surface area contributed by atoms with Gasteiger partial charge in [0, 0.05) is 0 Å². The van der Waals surface area contributed by atoms with Gasteiger partial charge in [0.05, 0.1) is 18.4 Å². The average Bonchev–Trinajstić information content (AvgIpc) is 2.19. The molecule has 8 heteroatoms. The Morgan fingerprint density at radius 1 is 1.50 bits per heavy atom. The highest BCUT2D eigenvalue weighted by Gasteiger charge is 2.13. The Morgan fingerprint density at radius 3 is 2.69 bits per heavy atom. The van der Waals surface area contributed by atoms with Crippen LogP contribution in [0.5, 0.6) is 0 Å². The molecule has 1 rings (SSSR count). The van der Waals surface area contributed by atoms with Crippen molar-refractivity contribution in [1.29, 1.82) is 0 Å². The maximum atomic E-state index is 12.5. The Hall–Kier alpha value is -1.70. The normalized spacial score (nSPS) is 11.1. The SMILES string of the molecule is O=C(O)CCS(=O)(=O)Nc1ccc(F)cn1. The quantitative estimate of drug-likeness (QED) is 0.788. The van der Waals surface area contributed by atoms with E-state index in [9.17, 15) is 17.6 Å². The van der Waals surface area contributed by atoms with E-state index in [1.807, 2.05) is 4.72 Å². The molecule has 0 bridgehead atoms. The van der Waals surface area contributed by atoms with Crippen molar-refractivity contribution in [3.63, 3.8) is 0 Å². The molecule has 6 nitrogen and oxygen atoms in total. The van der Waals surface area contributed by atoms with E-state index in [2.05, 4.69) is 4.98 Å². The van der Waals surface area contributed by atoms with Gasteiger partial charge in [0.2, 0.25) is 10.0 Å². The van der Waals surface area contributed by atoms with Crippen molar-refractivity contribution in [1.82, 2.24) is 4.98 Å². The lowest BCUT2D eigenvalue weighted by atomic mass is 10.5. The maximum absolute atomic E-state index is 12.5. The van der Waals surface area contributed by atoms with Crippen LogP contribution in [0.1, 0.15) is 6.42 Å². The molecule has 16 heavy (non-hydrogen) atoms. The third-order valence-corrected chi connectivity index (χ3v) is 2.83. The molecule has 0 aliphatic heterocycles. The zero-order valence-corrected chi connectivity index (χ0v) is 8.87. The molecule has 0 amide bonds. The van der Waals surface area contributed by atoms with Crippen LogP contribution < -0.4 is 4.72 Å². The molecule has 0 spiro atoms. The Bertz CT molecular complexity index is 471. The van der Waals surface area contributed by atoms with Gasteiger partial charge in [0.1, 0.15) is 11.6 Å². The first kappa shape index (κ1) is 12.4. The predicted octanol–water partition coefficient (Wildman–Crippen LogP) is 0.437. The molecule has 1 aromatic rings. The molecule has 1 aromatic heterocycles. The van der Waals surface area contributed by atoms with Crippen LogP contribution in [-0.4, -0.2) is 30.2 Å². The first-order chi connectivity index (χ1) is 7.39. The van der Waals surface area contributed by atoms with Gasteiger partial charge in [-0.2, -0.15) is 0 Å². The predicted molar refractivity (Wildman–Crippen MR) is 53.9 cm³/mol. The minimum atomic E-state index is -3.76. The largest absolute Gasteiger partial charge is 0.481 e. The molecule has 0 aliphatic carbocycles.